The van der Waals surface area contributed by atoms with Crippen molar-refractivity contribution in [1.82, 2.24) is 0 Å². The molecule has 0 spiro atoms. The molecule has 0 heterocycles. The molecule has 1 N–H and O–H groups in total. The Hall–Kier alpha value is -0.210. The Morgan fingerprint density at radius 2 is 2.14 bits per heavy atom. The first kappa shape index (κ1) is 10.3. The van der Waals surface area contributed by atoms with Crippen LogP contribution in [-0.2, 0) is 0 Å². The van der Waals surface area contributed by atoms with Crippen LogP contribution in [0.3, 0.4) is 0 Å². The number of halogens is 2. The van der Waals surface area contributed by atoms with Crippen LogP contribution in [0.25, 0.3) is 0 Å². The zero-order valence-electron chi connectivity index (χ0n) is 8.06. The minimum atomic E-state index is 0.608. The lowest BCUT2D eigenvalue weighted by molar-refractivity contribution is 0.309. The Balaban J connectivity index is 2.05. The van der Waals surface area contributed by atoms with Gasteiger partial charge in [-0.2, -0.15) is 0 Å². The van der Waals surface area contributed by atoms with Crippen molar-refractivity contribution in [2.75, 3.05) is 5.32 Å². The van der Waals surface area contributed by atoms with Crippen molar-refractivity contribution in [1.29, 1.82) is 0 Å². The maximum absolute atomic E-state index is 6.07. The van der Waals surface area contributed by atoms with E-state index in [1.807, 2.05) is 18.2 Å². The van der Waals surface area contributed by atoms with Gasteiger partial charge in [-0.05, 0) is 37.0 Å². The van der Waals surface area contributed by atoms with Crippen molar-refractivity contribution in [3.05, 3.63) is 27.7 Å². The van der Waals surface area contributed by atoms with E-state index in [0.717, 1.165) is 21.1 Å². The summed E-state index contributed by atoms with van der Waals surface area (Å²) in [6, 6.07) is 6.51. The molecule has 0 bridgehead atoms. The van der Waals surface area contributed by atoms with Crippen molar-refractivity contribution in [3.8, 4) is 0 Å². The van der Waals surface area contributed by atoms with Crippen LogP contribution in [0.4, 0.5) is 5.69 Å². The first-order chi connectivity index (χ1) is 6.65. The fourth-order valence-corrected chi connectivity index (χ4v) is 2.38. The molecule has 76 valence electrons. The third-order valence-electron chi connectivity index (χ3n) is 2.66. The zero-order valence-corrected chi connectivity index (χ0v) is 10.4. The molecule has 1 aromatic rings. The monoisotopic (exact) mass is 273 g/mol. The van der Waals surface area contributed by atoms with Crippen LogP contribution in [0.2, 0.25) is 5.02 Å². The Bertz CT molecular complexity index is 334. The molecule has 1 fully saturated rings. The van der Waals surface area contributed by atoms with E-state index in [0.29, 0.717) is 6.04 Å². The van der Waals surface area contributed by atoms with E-state index in [9.17, 15) is 0 Å². The molecule has 1 aromatic carbocycles. The SMILES string of the molecule is CC1CC(Nc2cc(Br)ccc2Cl)C1. The number of nitrogens with one attached hydrogen (secondary N) is 1. The lowest BCUT2D eigenvalue weighted by Crippen LogP contribution is -2.33. The average molecular weight is 275 g/mol. The van der Waals surface area contributed by atoms with Crippen LogP contribution >= 0.6 is 27.5 Å². The van der Waals surface area contributed by atoms with Gasteiger partial charge in [-0.3, -0.25) is 0 Å². The predicted molar refractivity (Wildman–Crippen MR) is 65.0 cm³/mol. The molecule has 1 aliphatic carbocycles. The highest BCUT2D eigenvalue weighted by molar-refractivity contribution is 9.10. The van der Waals surface area contributed by atoms with Gasteiger partial charge in [0.05, 0.1) is 10.7 Å². The van der Waals surface area contributed by atoms with Crippen molar-refractivity contribution in [2.45, 2.75) is 25.8 Å². The van der Waals surface area contributed by atoms with E-state index >= 15 is 0 Å². The van der Waals surface area contributed by atoms with Gasteiger partial charge >= 0.3 is 0 Å². The van der Waals surface area contributed by atoms with Gasteiger partial charge in [-0.1, -0.05) is 34.5 Å². The lowest BCUT2D eigenvalue weighted by atomic mass is 9.82. The number of hydrogen-bond acceptors (Lipinski definition) is 1. The van der Waals surface area contributed by atoms with Gasteiger partial charge in [0.15, 0.2) is 0 Å². The van der Waals surface area contributed by atoms with Gasteiger partial charge < -0.3 is 5.32 Å². The molecule has 0 saturated heterocycles. The molecule has 1 aliphatic rings. The van der Waals surface area contributed by atoms with Gasteiger partial charge in [-0.25, -0.2) is 0 Å². The Morgan fingerprint density at radius 1 is 1.43 bits per heavy atom. The summed E-state index contributed by atoms with van der Waals surface area (Å²) in [4.78, 5) is 0. The molecular formula is C11H13BrClN. The molecule has 0 atom stereocenters. The molecule has 0 aromatic heterocycles. The summed E-state index contributed by atoms with van der Waals surface area (Å²) < 4.78 is 1.07. The number of anilines is 1. The molecule has 0 amide bonds. The van der Waals surface area contributed by atoms with E-state index in [4.69, 9.17) is 11.6 Å². The fraction of sp³-hybridized carbons (Fsp3) is 0.455. The van der Waals surface area contributed by atoms with Crippen molar-refractivity contribution in [2.24, 2.45) is 5.92 Å². The highest BCUT2D eigenvalue weighted by Gasteiger charge is 2.25. The van der Waals surface area contributed by atoms with E-state index in [2.05, 4.69) is 28.2 Å². The Kier molecular flexibility index (Phi) is 3.03. The number of hydrogen-bond donors (Lipinski definition) is 1. The first-order valence-electron chi connectivity index (χ1n) is 4.87. The normalized spacial score (nSPS) is 25.6. The largest absolute Gasteiger partial charge is 0.381 e. The van der Waals surface area contributed by atoms with E-state index < -0.39 is 0 Å². The van der Waals surface area contributed by atoms with Crippen LogP contribution in [-0.4, -0.2) is 6.04 Å². The molecule has 1 nitrogen and oxygen atoms in total. The van der Waals surface area contributed by atoms with Gasteiger partial charge in [0.25, 0.3) is 0 Å². The second-order valence-electron chi connectivity index (χ2n) is 4.04. The van der Waals surface area contributed by atoms with Crippen LogP contribution in [0.1, 0.15) is 19.8 Å². The van der Waals surface area contributed by atoms with Crippen LogP contribution in [0.5, 0.6) is 0 Å². The second kappa shape index (κ2) is 4.11. The lowest BCUT2D eigenvalue weighted by Gasteiger charge is -2.34. The van der Waals surface area contributed by atoms with Crippen LogP contribution < -0.4 is 5.32 Å². The molecule has 3 heteroatoms. The third-order valence-corrected chi connectivity index (χ3v) is 3.48. The van der Waals surface area contributed by atoms with E-state index in [1.165, 1.54) is 12.8 Å². The van der Waals surface area contributed by atoms with Crippen molar-refractivity contribution in [3.63, 3.8) is 0 Å². The summed E-state index contributed by atoms with van der Waals surface area (Å²) in [6.07, 6.45) is 2.51. The fourth-order valence-electron chi connectivity index (χ4n) is 1.85. The molecular weight excluding hydrogens is 261 g/mol. The van der Waals surface area contributed by atoms with Crippen LogP contribution in [0.15, 0.2) is 22.7 Å². The third kappa shape index (κ3) is 2.23. The minimum absolute atomic E-state index is 0.608. The highest BCUT2D eigenvalue weighted by atomic mass is 79.9. The van der Waals surface area contributed by atoms with Gasteiger partial charge in [0.2, 0.25) is 0 Å². The van der Waals surface area contributed by atoms with Gasteiger partial charge in [-0.15, -0.1) is 0 Å². The first-order valence-corrected chi connectivity index (χ1v) is 6.04. The standard InChI is InChI=1S/C11H13BrClN/c1-7-4-9(5-7)14-11-6-8(12)2-3-10(11)13/h2-3,6-7,9,14H,4-5H2,1H3. The maximum Gasteiger partial charge on any atom is 0.0638 e. The molecule has 2 rings (SSSR count). The zero-order chi connectivity index (χ0) is 10.1. The minimum Gasteiger partial charge on any atom is -0.381 e. The summed E-state index contributed by atoms with van der Waals surface area (Å²) in [5, 5.41) is 4.25. The molecule has 14 heavy (non-hydrogen) atoms. The van der Waals surface area contributed by atoms with E-state index in [1.54, 1.807) is 0 Å². The summed E-state index contributed by atoms with van der Waals surface area (Å²) in [5.41, 5.74) is 1.04. The van der Waals surface area contributed by atoms with Crippen molar-refractivity contribution >= 4 is 33.2 Å². The summed E-state index contributed by atoms with van der Waals surface area (Å²) in [7, 11) is 0. The highest BCUT2D eigenvalue weighted by Crippen LogP contribution is 2.33. The van der Waals surface area contributed by atoms with Gasteiger partial charge in [0.1, 0.15) is 0 Å². The second-order valence-corrected chi connectivity index (χ2v) is 5.36. The summed E-state index contributed by atoms with van der Waals surface area (Å²) >= 11 is 9.51. The van der Waals surface area contributed by atoms with Gasteiger partial charge in [0, 0.05) is 10.5 Å². The van der Waals surface area contributed by atoms with Crippen molar-refractivity contribution < 1.29 is 0 Å². The number of benzene rings is 1. The van der Waals surface area contributed by atoms with E-state index in [-0.39, 0.29) is 0 Å². The Labute approximate surface area is 98.0 Å². The molecule has 0 unspecified atom stereocenters. The topological polar surface area (TPSA) is 12.0 Å². The molecule has 0 aliphatic heterocycles. The van der Waals surface area contributed by atoms with Crippen LogP contribution in [0, 0.1) is 5.92 Å². The summed E-state index contributed by atoms with van der Waals surface area (Å²) in [6.45, 7) is 2.28. The summed E-state index contributed by atoms with van der Waals surface area (Å²) in [5.74, 6) is 0.860. The quantitative estimate of drug-likeness (QED) is 0.847. The number of rotatable bonds is 2. The maximum atomic E-state index is 6.07. The average Bonchev–Trinajstić information content (AvgIpc) is 2.09. The Morgan fingerprint density at radius 3 is 2.79 bits per heavy atom. The molecule has 0 radical (unpaired) electrons. The molecule has 1 saturated carbocycles. The predicted octanol–water partition coefficient (Wildman–Crippen LogP) is 4.31. The smallest absolute Gasteiger partial charge is 0.0638 e.